The van der Waals surface area contributed by atoms with Crippen LogP contribution in [-0.2, 0) is 12.2 Å². The van der Waals surface area contributed by atoms with Gasteiger partial charge in [-0.1, -0.05) is 42.0 Å². The van der Waals surface area contributed by atoms with Crippen LogP contribution < -0.4 is 10.1 Å². The first-order valence-corrected chi connectivity index (χ1v) is 10.3. The molecule has 1 N–H and O–H groups in total. The molecule has 0 saturated carbocycles. The molecule has 3 aromatic carbocycles. The van der Waals surface area contributed by atoms with Crippen LogP contribution >= 0.6 is 11.8 Å². The number of aryl methyl sites for hydroxylation is 1. The Kier molecular flexibility index (Phi) is 7.15. The van der Waals surface area contributed by atoms with Crippen LogP contribution in [0.1, 0.15) is 27.0 Å². The van der Waals surface area contributed by atoms with Crippen molar-refractivity contribution in [3.63, 3.8) is 0 Å². The van der Waals surface area contributed by atoms with Crippen LogP contribution in [0.15, 0.2) is 77.7 Å². The molecule has 0 radical (unpaired) electrons. The summed E-state index contributed by atoms with van der Waals surface area (Å²) >= 11 is 1.80. The highest BCUT2D eigenvalue weighted by Crippen LogP contribution is 2.23. The monoisotopic (exact) mass is 391 g/mol. The summed E-state index contributed by atoms with van der Waals surface area (Å²) in [6, 6.07) is 24.3. The van der Waals surface area contributed by atoms with Gasteiger partial charge in [-0.2, -0.15) is 0 Å². The Hall–Kier alpha value is -2.72. The molecule has 0 fully saturated rings. The van der Waals surface area contributed by atoms with E-state index in [1.165, 1.54) is 21.6 Å². The van der Waals surface area contributed by atoms with Crippen molar-refractivity contribution >= 4 is 17.7 Å². The smallest absolute Gasteiger partial charge is 0.251 e. The van der Waals surface area contributed by atoms with E-state index in [-0.39, 0.29) is 5.91 Å². The molecular formula is C24H25NO2S. The third kappa shape index (κ3) is 5.89. The van der Waals surface area contributed by atoms with E-state index < -0.39 is 0 Å². The molecule has 0 bridgehead atoms. The van der Waals surface area contributed by atoms with Crippen LogP contribution in [0.4, 0.5) is 0 Å². The predicted octanol–water partition coefficient (Wildman–Crippen LogP) is 5.27. The van der Waals surface area contributed by atoms with Gasteiger partial charge in [0.25, 0.3) is 5.91 Å². The first-order chi connectivity index (χ1) is 13.6. The Bertz CT molecular complexity index is 887. The first-order valence-electron chi connectivity index (χ1n) is 9.33. The van der Waals surface area contributed by atoms with Crippen LogP contribution in [0, 0.1) is 6.92 Å². The van der Waals surface area contributed by atoms with Crippen LogP contribution in [-0.4, -0.2) is 19.6 Å². The highest BCUT2D eigenvalue weighted by Gasteiger charge is 2.05. The van der Waals surface area contributed by atoms with Crippen LogP contribution in [0.5, 0.6) is 5.75 Å². The fourth-order valence-corrected chi connectivity index (χ4v) is 3.62. The number of amides is 1. The predicted molar refractivity (Wildman–Crippen MR) is 116 cm³/mol. The summed E-state index contributed by atoms with van der Waals surface area (Å²) in [7, 11) is 1.65. The van der Waals surface area contributed by atoms with E-state index in [2.05, 4.69) is 36.5 Å². The lowest BCUT2D eigenvalue weighted by Crippen LogP contribution is -2.25. The molecule has 0 aliphatic carbocycles. The van der Waals surface area contributed by atoms with Crippen molar-refractivity contribution in [2.75, 3.05) is 13.7 Å². The molecule has 0 atom stereocenters. The maximum atomic E-state index is 12.3. The summed E-state index contributed by atoms with van der Waals surface area (Å²) in [6.07, 6.45) is 0.793. The van der Waals surface area contributed by atoms with E-state index >= 15 is 0 Å². The highest BCUT2D eigenvalue weighted by molar-refractivity contribution is 7.98. The Morgan fingerprint density at radius 2 is 1.54 bits per heavy atom. The van der Waals surface area contributed by atoms with Crippen molar-refractivity contribution in [2.24, 2.45) is 0 Å². The van der Waals surface area contributed by atoms with Gasteiger partial charge in [0, 0.05) is 22.8 Å². The maximum absolute atomic E-state index is 12.3. The molecule has 0 aliphatic heterocycles. The number of thioether (sulfide) groups is 1. The molecule has 28 heavy (non-hydrogen) atoms. The summed E-state index contributed by atoms with van der Waals surface area (Å²) in [5.41, 5.74) is 4.34. The quantitative estimate of drug-likeness (QED) is 0.532. The lowest BCUT2D eigenvalue weighted by Gasteiger charge is -2.07. The number of rotatable bonds is 8. The Morgan fingerprint density at radius 1 is 0.893 bits per heavy atom. The van der Waals surface area contributed by atoms with Gasteiger partial charge in [0.15, 0.2) is 0 Å². The van der Waals surface area contributed by atoms with Gasteiger partial charge < -0.3 is 10.1 Å². The standard InChI is InChI=1S/C24H25NO2S/c1-18-3-13-23(14-4-18)28-17-20-5-9-21(10-6-20)24(26)25-16-15-19-7-11-22(27-2)12-8-19/h3-14H,15-17H2,1-2H3,(H,25,26). The second kappa shape index (κ2) is 10.00. The van der Waals surface area contributed by atoms with Gasteiger partial charge in [-0.05, 0) is 60.9 Å². The summed E-state index contributed by atoms with van der Waals surface area (Å²) in [4.78, 5) is 13.6. The van der Waals surface area contributed by atoms with Gasteiger partial charge >= 0.3 is 0 Å². The van der Waals surface area contributed by atoms with Gasteiger partial charge in [-0.3, -0.25) is 4.79 Å². The molecule has 3 aromatic rings. The van der Waals surface area contributed by atoms with Gasteiger partial charge in [-0.25, -0.2) is 0 Å². The van der Waals surface area contributed by atoms with Gasteiger partial charge in [0.05, 0.1) is 7.11 Å². The Balaban J connectivity index is 1.45. The summed E-state index contributed by atoms with van der Waals surface area (Å²) in [5, 5.41) is 2.98. The number of methoxy groups -OCH3 is 1. The minimum atomic E-state index is -0.0359. The van der Waals surface area contributed by atoms with E-state index in [1.54, 1.807) is 18.9 Å². The molecular weight excluding hydrogens is 366 g/mol. The van der Waals surface area contributed by atoms with Crippen molar-refractivity contribution in [1.29, 1.82) is 0 Å². The largest absolute Gasteiger partial charge is 0.497 e. The molecule has 3 rings (SSSR count). The fraction of sp³-hybridized carbons (Fsp3) is 0.208. The Labute approximate surface area is 171 Å². The minimum Gasteiger partial charge on any atom is -0.497 e. The zero-order chi connectivity index (χ0) is 19.8. The topological polar surface area (TPSA) is 38.3 Å². The van der Waals surface area contributed by atoms with E-state index in [0.717, 1.165) is 17.9 Å². The zero-order valence-electron chi connectivity index (χ0n) is 16.3. The lowest BCUT2D eigenvalue weighted by atomic mass is 10.1. The average molecular weight is 392 g/mol. The lowest BCUT2D eigenvalue weighted by molar-refractivity contribution is 0.0954. The number of carbonyl (C=O) groups excluding carboxylic acids is 1. The van der Waals surface area contributed by atoms with Crippen molar-refractivity contribution in [1.82, 2.24) is 5.32 Å². The van der Waals surface area contributed by atoms with Crippen molar-refractivity contribution in [3.8, 4) is 5.75 Å². The SMILES string of the molecule is COc1ccc(CCNC(=O)c2ccc(CSc3ccc(C)cc3)cc2)cc1. The summed E-state index contributed by atoms with van der Waals surface area (Å²) < 4.78 is 5.16. The van der Waals surface area contributed by atoms with Gasteiger partial charge in [0.2, 0.25) is 0 Å². The molecule has 4 heteroatoms. The van der Waals surface area contributed by atoms with E-state index in [0.29, 0.717) is 12.1 Å². The fourth-order valence-electron chi connectivity index (χ4n) is 2.77. The van der Waals surface area contributed by atoms with E-state index in [9.17, 15) is 4.79 Å². The normalized spacial score (nSPS) is 10.5. The van der Waals surface area contributed by atoms with Gasteiger partial charge in [-0.15, -0.1) is 11.8 Å². The van der Waals surface area contributed by atoms with Crippen LogP contribution in [0.3, 0.4) is 0 Å². The Morgan fingerprint density at radius 3 is 2.18 bits per heavy atom. The number of benzene rings is 3. The maximum Gasteiger partial charge on any atom is 0.251 e. The molecule has 1 amide bonds. The molecule has 0 saturated heterocycles. The third-order valence-electron chi connectivity index (χ3n) is 4.50. The molecule has 0 spiro atoms. The number of nitrogens with one attached hydrogen (secondary N) is 1. The third-order valence-corrected chi connectivity index (χ3v) is 5.58. The van der Waals surface area contributed by atoms with E-state index in [4.69, 9.17) is 4.74 Å². The zero-order valence-corrected chi connectivity index (χ0v) is 17.1. The second-order valence-corrected chi connectivity index (χ2v) is 7.70. The molecule has 3 nitrogen and oxygen atoms in total. The van der Waals surface area contributed by atoms with Crippen molar-refractivity contribution in [3.05, 3.63) is 95.1 Å². The average Bonchev–Trinajstić information content (AvgIpc) is 2.74. The number of ether oxygens (including phenoxy) is 1. The summed E-state index contributed by atoms with van der Waals surface area (Å²) in [5.74, 6) is 1.70. The first kappa shape index (κ1) is 20.0. The second-order valence-electron chi connectivity index (χ2n) is 6.65. The molecule has 0 aliphatic rings. The van der Waals surface area contributed by atoms with E-state index in [1.807, 2.05) is 48.5 Å². The molecule has 144 valence electrons. The minimum absolute atomic E-state index is 0.0359. The van der Waals surface area contributed by atoms with Crippen LogP contribution in [0.25, 0.3) is 0 Å². The number of hydrogen-bond donors (Lipinski definition) is 1. The van der Waals surface area contributed by atoms with Crippen LogP contribution in [0.2, 0.25) is 0 Å². The highest BCUT2D eigenvalue weighted by atomic mass is 32.2. The molecule has 0 aromatic heterocycles. The molecule has 0 heterocycles. The molecule has 0 unspecified atom stereocenters. The van der Waals surface area contributed by atoms with Crippen molar-refractivity contribution < 1.29 is 9.53 Å². The summed E-state index contributed by atoms with van der Waals surface area (Å²) in [6.45, 7) is 2.70. The number of hydrogen-bond acceptors (Lipinski definition) is 3. The number of carbonyl (C=O) groups is 1. The van der Waals surface area contributed by atoms with Gasteiger partial charge in [0.1, 0.15) is 5.75 Å². The van der Waals surface area contributed by atoms with Crippen molar-refractivity contribution in [2.45, 2.75) is 24.0 Å².